The van der Waals surface area contributed by atoms with Crippen LogP contribution in [0.15, 0.2) is 0 Å². The van der Waals surface area contributed by atoms with Crippen LogP contribution >= 0.6 is 0 Å². The van der Waals surface area contributed by atoms with Crippen LogP contribution in [0.5, 0.6) is 0 Å². The number of hydrogen-bond donors (Lipinski definition) is 3. The first-order valence-electron chi connectivity index (χ1n) is 6.93. The first-order valence-corrected chi connectivity index (χ1v) is 6.93. The first kappa shape index (κ1) is 15.8. The molecule has 3 N–H and O–H groups in total. The van der Waals surface area contributed by atoms with Crippen LogP contribution in [0, 0.1) is 5.41 Å². The quantitative estimate of drug-likeness (QED) is 0.674. The third-order valence-electron chi connectivity index (χ3n) is 3.88. The van der Waals surface area contributed by atoms with Crippen molar-refractivity contribution in [1.82, 2.24) is 10.2 Å². The minimum atomic E-state index is -0.822. The maximum Gasteiger partial charge on any atom is 0.317 e. The molecule has 0 saturated heterocycles. The molecule has 0 aromatic rings. The molecular formula is C13H24N2O4. The number of carboxylic acids is 1. The molecule has 0 aromatic heterocycles. The Kier molecular flexibility index (Phi) is 6.08. The number of carboxylic acid groups (broad SMARTS) is 1. The van der Waals surface area contributed by atoms with E-state index in [9.17, 15) is 14.7 Å². The molecule has 2 amide bonds. The van der Waals surface area contributed by atoms with Gasteiger partial charge in [0.05, 0.1) is 12.0 Å². The molecule has 1 aliphatic carbocycles. The highest BCUT2D eigenvalue weighted by Gasteiger charge is 2.39. The Bertz CT molecular complexity index is 314. The van der Waals surface area contributed by atoms with Crippen molar-refractivity contribution in [2.75, 3.05) is 26.2 Å². The van der Waals surface area contributed by atoms with Crippen LogP contribution in [-0.4, -0.2) is 53.4 Å². The van der Waals surface area contributed by atoms with E-state index < -0.39 is 11.4 Å². The fraction of sp³-hybridized carbons (Fsp3) is 0.846. The van der Waals surface area contributed by atoms with E-state index in [1.165, 1.54) is 4.90 Å². The van der Waals surface area contributed by atoms with E-state index in [4.69, 9.17) is 5.11 Å². The van der Waals surface area contributed by atoms with Crippen molar-refractivity contribution in [2.24, 2.45) is 5.41 Å². The van der Waals surface area contributed by atoms with Crippen molar-refractivity contribution >= 4 is 12.0 Å². The molecule has 0 atom stereocenters. The van der Waals surface area contributed by atoms with E-state index in [-0.39, 0.29) is 25.7 Å². The number of amides is 2. The molecule has 0 aromatic carbocycles. The Morgan fingerprint density at radius 2 is 1.89 bits per heavy atom. The predicted octanol–water partition coefficient (Wildman–Crippen LogP) is 1.05. The molecule has 19 heavy (non-hydrogen) atoms. The lowest BCUT2D eigenvalue weighted by molar-refractivity contribution is -0.150. The highest BCUT2D eigenvalue weighted by Crippen LogP contribution is 2.36. The molecule has 6 nitrogen and oxygen atoms in total. The number of carbonyl (C=O) groups is 2. The summed E-state index contributed by atoms with van der Waals surface area (Å²) < 4.78 is 0. The number of carbonyl (C=O) groups excluding carboxylic acids is 1. The lowest BCUT2D eigenvalue weighted by Crippen LogP contribution is -2.49. The van der Waals surface area contributed by atoms with Gasteiger partial charge in [-0.3, -0.25) is 4.79 Å². The number of likely N-dealkylation sites (N-methyl/N-ethyl adjacent to an activating group) is 1. The van der Waals surface area contributed by atoms with Crippen molar-refractivity contribution in [2.45, 2.75) is 39.0 Å². The largest absolute Gasteiger partial charge is 0.481 e. The van der Waals surface area contributed by atoms with E-state index in [1.807, 2.05) is 6.92 Å². The van der Waals surface area contributed by atoms with Crippen LogP contribution in [0.1, 0.15) is 39.0 Å². The highest BCUT2D eigenvalue weighted by atomic mass is 16.4. The number of aliphatic hydroxyl groups excluding tert-OH is 1. The number of urea groups is 1. The Hall–Kier alpha value is -1.30. The van der Waals surface area contributed by atoms with Gasteiger partial charge < -0.3 is 20.4 Å². The molecule has 0 radical (unpaired) electrons. The summed E-state index contributed by atoms with van der Waals surface area (Å²) in [5, 5.41) is 21.0. The molecule has 110 valence electrons. The second-order valence-electron chi connectivity index (χ2n) is 5.11. The second kappa shape index (κ2) is 7.33. The smallest absolute Gasteiger partial charge is 0.317 e. The molecular weight excluding hydrogens is 248 g/mol. The van der Waals surface area contributed by atoms with Gasteiger partial charge in [0.25, 0.3) is 0 Å². The average molecular weight is 272 g/mol. The summed E-state index contributed by atoms with van der Waals surface area (Å²) in [6, 6.07) is -0.303. The molecule has 0 heterocycles. The van der Waals surface area contributed by atoms with Crippen molar-refractivity contribution in [1.29, 1.82) is 0 Å². The summed E-state index contributed by atoms with van der Waals surface area (Å²) in [4.78, 5) is 24.8. The summed E-state index contributed by atoms with van der Waals surface area (Å²) in [6.07, 6.45) is 4.10. The van der Waals surface area contributed by atoms with E-state index >= 15 is 0 Å². The topological polar surface area (TPSA) is 89.9 Å². The summed E-state index contributed by atoms with van der Waals surface area (Å²) >= 11 is 0. The van der Waals surface area contributed by atoms with E-state index in [1.54, 1.807) is 0 Å². The van der Waals surface area contributed by atoms with Gasteiger partial charge >= 0.3 is 12.0 Å². The Morgan fingerprint density at radius 1 is 1.26 bits per heavy atom. The third-order valence-corrected chi connectivity index (χ3v) is 3.88. The van der Waals surface area contributed by atoms with Crippen LogP contribution in [0.3, 0.4) is 0 Å². The van der Waals surface area contributed by atoms with Crippen LogP contribution in [0.4, 0.5) is 4.79 Å². The molecule has 1 fully saturated rings. The van der Waals surface area contributed by atoms with Crippen LogP contribution in [0.2, 0.25) is 0 Å². The van der Waals surface area contributed by atoms with Gasteiger partial charge in [-0.15, -0.1) is 0 Å². The Morgan fingerprint density at radius 3 is 2.37 bits per heavy atom. The SMILES string of the molecule is CCN(CCO)C(=O)NCC1(C(=O)O)CCCCC1. The van der Waals surface area contributed by atoms with Gasteiger partial charge in [-0.2, -0.15) is 0 Å². The monoisotopic (exact) mass is 272 g/mol. The van der Waals surface area contributed by atoms with Crippen LogP contribution in [0.25, 0.3) is 0 Å². The number of nitrogens with zero attached hydrogens (tertiary/aromatic N) is 1. The summed E-state index contributed by atoms with van der Waals surface area (Å²) in [5.41, 5.74) is -0.813. The Labute approximate surface area is 113 Å². The number of hydrogen-bond acceptors (Lipinski definition) is 3. The lowest BCUT2D eigenvalue weighted by Gasteiger charge is -2.34. The Balaban J connectivity index is 2.56. The zero-order valence-corrected chi connectivity index (χ0v) is 11.5. The van der Waals surface area contributed by atoms with Gasteiger partial charge in [0.2, 0.25) is 0 Å². The predicted molar refractivity (Wildman–Crippen MR) is 70.9 cm³/mol. The standard InChI is InChI=1S/C13H24N2O4/c1-2-15(8-9-16)12(19)14-10-13(11(17)18)6-4-3-5-7-13/h16H,2-10H2,1H3,(H,14,19)(H,17,18). The minimum Gasteiger partial charge on any atom is -0.481 e. The molecule has 1 aliphatic rings. The number of aliphatic carboxylic acids is 1. The third kappa shape index (κ3) is 4.09. The molecule has 0 aliphatic heterocycles. The van der Waals surface area contributed by atoms with Crippen molar-refractivity contribution < 1.29 is 19.8 Å². The zero-order valence-electron chi connectivity index (χ0n) is 11.5. The van der Waals surface area contributed by atoms with E-state index in [0.29, 0.717) is 19.4 Å². The number of rotatable bonds is 6. The minimum absolute atomic E-state index is 0.0919. The maximum atomic E-state index is 11.9. The van der Waals surface area contributed by atoms with Crippen LogP contribution < -0.4 is 5.32 Å². The fourth-order valence-corrected chi connectivity index (χ4v) is 2.58. The van der Waals surface area contributed by atoms with Crippen molar-refractivity contribution in [3.8, 4) is 0 Å². The fourth-order valence-electron chi connectivity index (χ4n) is 2.58. The summed E-state index contributed by atoms with van der Waals surface area (Å²) in [7, 11) is 0. The van der Waals surface area contributed by atoms with Gasteiger partial charge in [-0.25, -0.2) is 4.79 Å². The van der Waals surface area contributed by atoms with Gasteiger partial charge in [0.15, 0.2) is 0 Å². The summed E-state index contributed by atoms with van der Waals surface area (Å²) in [5.74, 6) is -0.822. The molecule has 0 spiro atoms. The number of aliphatic hydroxyl groups is 1. The van der Waals surface area contributed by atoms with Gasteiger partial charge in [0.1, 0.15) is 0 Å². The molecule has 0 bridgehead atoms. The molecule has 1 rings (SSSR count). The van der Waals surface area contributed by atoms with Crippen molar-refractivity contribution in [3.05, 3.63) is 0 Å². The van der Waals surface area contributed by atoms with E-state index in [2.05, 4.69) is 5.32 Å². The van der Waals surface area contributed by atoms with Gasteiger partial charge in [0, 0.05) is 19.6 Å². The zero-order chi connectivity index (χ0) is 14.3. The van der Waals surface area contributed by atoms with E-state index in [0.717, 1.165) is 19.3 Å². The second-order valence-corrected chi connectivity index (χ2v) is 5.11. The summed E-state index contributed by atoms with van der Waals surface area (Å²) in [6.45, 7) is 2.66. The van der Waals surface area contributed by atoms with Crippen molar-refractivity contribution in [3.63, 3.8) is 0 Å². The highest BCUT2D eigenvalue weighted by molar-refractivity contribution is 5.78. The first-order chi connectivity index (χ1) is 9.05. The van der Waals surface area contributed by atoms with Gasteiger partial charge in [-0.05, 0) is 19.8 Å². The normalized spacial score (nSPS) is 17.8. The average Bonchev–Trinajstić information content (AvgIpc) is 2.43. The van der Waals surface area contributed by atoms with Gasteiger partial charge in [-0.1, -0.05) is 19.3 Å². The number of nitrogens with one attached hydrogen (secondary N) is 1. The molecule has 6 heteroatoms. The maximum absolute atomic E-state index is 11.9. The lowest BCUT2D eigenvalue weighted by atomic mass is 9.74. The molecule has 0 unspecified atom stereocenters. The van der Waals surface area contributed by atoms with Crippen LogP contribution in [-0.2, 0) is 4.79 Å². The molecule has 1 saturated carbocycles.